The molecule has 1 aliphatic rings. The van der Waals surface area contributed by atoms with Crippen LogP contribution in [0, 0.1) is 5.92 Å². The number of allylic oxidation sites excluding steroid dienone is 3. The van der Waals surface area contributed by atoms with E-state index in [-0.39, 0.29) is 17.4 Å². The fraction of sp³-hybridized carbons (Fsp3) is 0.385. The molecule has 0 heterocycles. The van der Waals surface area contributed by atoms with Crippen LogP contribution in [0.15, 0.2) is 66.3 Å². The maximum absolute atomic E-state index is 10.8. The third kappa shape index (κ3) is 5.07. The van der Waals surface area contributed by atoms with Crippen molar-refractivity contribution in [3.05, 3.63) is 83.0 Å². The molecule has 0 radical (unpaired) electrons. The van der Waals surface area contributed by atoms with Gasteiger partial charge in [0, 0.05) is 11.6 Å². The van der Waals surface area contributed by atoms with Crippen molar-refractivity contribution in [3.63, 3.8) is 0 Å². The van der Waals surface area contributed by atoms with Crippen molar-refractivity contribution in [2.45, 2.75) is 58.3 Å². The summed E-state index contributed by atoms with van der Waals surface area (Å²) < 4.78 is 0. The van der Waals surface area contributed by atoms with Crippen LogP contribution in [0.2, 0.25) is 0 Å². The van der Waals surface area contributed by atoms with Gasteiger partial charge in [0.25, 0.3) is 0 Å². The first-order valence-electron chi connectivity index (χ1n) is 10.3. The number of phenols is 2. The third-order valence-electron chi connectivity index (χ3n) is 5.94. The van der Waals surface area contributed by atoms with Crippen LogP contribution in [0.5, 0.6) is 11.5 Å². The number of hydrogen-bond donors (Lipinski definition) is 2. The zero-order valence-electron chi connectivity index (χ0n) is 17.1. The minimum atomic E-state index is 0.137. The van der Waals surface area contributed by atoms with Crippen molar-refractivity contribution in [1.29, 1.82) is 0 Å². The van der Waals surface area contributed by atoms with Gasteiger partial charge in [-0.15, -0.1) is 6.58 Å². The Bertz CT molecular complexity index is 848. The summed E-state index contributed by atoms with van der Waals surface area (Å²) in [5.74, 6) is 1.08. The predicted molar refractivity (Wildman–Crippen MR) is 117 cm³/mol. The van der Waals surface area contributed by atoms with Gasteiger partial charge in [-0.1, -0.05) is 47.6 Å². The van der Waals surface area contributed by atoms with E-state index in [0.29, 0.717) is 5.92 Å². The molecule has 2 heteroatoms. The largest absolute Gasteiger partial charge is 0.508 e. The second-order valence-corrected chi connectivity index (χ2v) is 8.38. The Kier molecular flexibility index (Phi) is 6.61. The molecule has 1 aliphatic carbocycles. The summed E-state index contributed by atoms with van der Waals surface area (Å²) in [6.07, 6.45) is 8.21. The molecule has 2 aromatic rings. The molecule has 1 unspecified atom stereocenters. The summed E-state index contributed by atoms with van der Waals surface area (Å²) in [5, 5.41) is 21.0. The van der Waals surface area contributed by atoms with Gasteiger partial charge in [0.15, 0.2) is 0 Å². The quantitative estimate of drug-likeness (QED) is 0.529. The van der Waals surface area contributed by atoms with Gasteiger partial charge >= 0.3 is 0 Å². The first-order chi connectivity index (χ1) is 13.4. The lowest BCUT2D eigenvalue weighted by Crippen LogP contribution is -2.18. The molecule has 2 atom stereocenters. The van der Waals surface area contributed by atoms with E-state index in [1.54, 1.807) is 0 Å². The van der Waals surface area contributed by atoms with E-state index >= 15 is 0 Å². The van der Waals surface area contributed by atoms with Gasteiger partial charge in [0.1, 0.15) is 11.5 Å². The molecule has 2 nitrogen and oxygen atoms in total. The van der Waals surface area contributed by atoms with Gasteiger partial charge < -0.3 is 10.2 Å². The lowest BCUT2D eigenvalue weighted by atomic mass is 9.73. The van der Waals surface area contributed by atoms with Gasteiger partial charge in [-0.2, -0.15) is 0 Å². The van der Waals surface area contributed by atoms with Crippen LogP contribution in [0.25, 0.3) is 0 Å². The van der Waals surface area contributed by atoms with Crippen LogP contribution < -0.4 is 0 Å². The molecular weight excluding hydrogens is 344 g/mol. The molecule has 0 fully saturated rings. The van der Waals surface area contributed by atoms with E-state index in [2.05, 4.69) is 50.8 Å². The van der Waals surface area contributed by atoms with Gasteiger partial charge in [-0.05, 0) is 81.4 Å². The molecule has 0 saturated heterocycles. The number of aromatic hydroxyl groups is 2. The highest BCUT2D eigenvalue weighted by Crippen LogP contribution is 2.45. The Morgan fingerprint density at radius 3 is 2.54 bits per heavy atom. The minimum Gasteiger partial charge on any atom is -0.508 e. The Morgan fingerprint density at radius 1 is 1.14 bits per heavy atom. The standard InChI is InChI=1S/C26H32O2/c1-18(2)15-24(21-12-9-19(3)10-13-21)26-22(16-23(27)17-25(26)28)14-11-20-7-5-4-6-8-20/h4-9,16-17,21,24,27-28H,1,10-15H2,2-3H3/t21?,24-/m1/s1. The average Bonchev–Trinajstić information content (AvgIpc) is 2.66. The number of hydrogen-bond acceptors (Lipinski definition) is 2. The highest BCUT2D eigenvalue weighted by molar-refractivity contribution is 5.48. The normalized spacial score (nSPS) is 17.8. The van der Waals surface area contributed by atoms with E-state index in [4.69, 9.17) is 0 Å². The van der Waals surface area contributed by atoms with Crippen LogP contribution in [0.1, 0.15) is 62.1 Å². The smallest absolute Gasteiger partial charge is 0.123 e. The zero-order chi connectivity index (χ0) is 20.1. The Hall–Kier alpha value is -2.48. The molecule has 148 valence electrons. The Balaban J connectivity index is 1.95. The molecule has 28 heavy (non-hydrogen) atoms. The lowest BCUT2D eigenvalue weighted by molar-refractivity contribution is 0.363. The van der Waals surface area contributed by atoms with E-state index < -0.39 is 0 Å². The summed E-state index contributed by atoms with van der Waals surface area (Å²) >= 11 is 0. The van der Waals surface area contributed by atoms with Gasteiger partial charge in [-0.3, -0.25) is 0 Å². The van der Waals surface area contributed by atoms with E-state index in [0.717, 1.165) is 55.2 Å². The van der Waals surface area contributed by atoms with Crippen molar-refractivity contribution >= 4 is 0 Å². The highest BCUT2D eigenvalue weighted by Gasteiger charge is 2.29. The van der Waals surface area contributed by atoms with Crippen molar-refractivity contribution in [3.8, 4) is 11.5 Å². The molecule has 0 spiro atoms. The summed E-state index contributed by atoms with van der Waals surface area (Å²) in [4.78, 5) is 0. The Morgan fingerprint density at radius 2 is 1.89 bits per heavy atom. The summed E-state index contributed by atoms with van der Waals surface area (Å²) in [7, 11) is 0. The van der Waals surface area contributed by atoms with Crippen molar-refractivity contribution in [2.75, 3.05) is 0 Å². The van der Waals surface area contributed by atoms with Gasteiger partial charge in [0.2, 0.25) is 0 Å². The minimum absolute atomic E-state index is 0.137. The van der Waals surface area contributed by atoms with Crippen LogP contribution >= 0.6 is 0 Å². The summed E-state index contributed by atoms with van der Waals surface area (Å²) in [6, 6.07) is 13.7. The maximum Gasteiger partial charge on any atom is 0.123 e. The number of rotatable bonds is 7. The summed E-state index contributed by atoms with van der Waals surface area (Å²) in [6.45, 7) is 8.42. The molecule has 2 aromatic carbocycles. The van der Waals surface area contributed by atoms with Crippen molar-refractivity contribution in [2.24, 2.45) is 5.92 Å². The molecule has 0 saturated carbocycles. The molecule has 0 bridgehead atoms. The molecule has 0 aromatic heterocycles. The van der Waals surface area contributed by atoms with Crippen LogP contribution in [0.3, 0.4) is 0 Å². The first-order valence-corrected chi connectivity index (χ1v) is 10.3. The molecule has 0 amide bonds. The van der Waals surface area contributed by atoms with E-state index in [1.807, 2.05) is 12.1 Å². The molecular formula is C26H32O2. The second-order valence-electron chi connectivity index (χ2n) is 8.38. The van der Waals surface area contributed by atoms with E-state index in [9.17, 15) is 10.2 Å². The summed E-state index contributed by atoms with van der Waals surface area (Å²) in [5.41, 5.74) is 5.93. The fourth-order valence-electron chi connectivity index (χ4n) is 4.47. The van der Waals surface area contributed by atoms with Crippen LogP contribution in [-0.2, 0) is 12.8 Å². The molecule has 0 aliphatic heterocycles. The third-order valence-corrected chi connectivity index (χ3v) is 5.94. The topological polar surface area (TPSA) is 40.5 Å². The predicted octanol–water partition coefficient (Wildman–Crippen LogP) is 6.68. The zero-order valence-corrected chi connectivity index (χ0v) is 17.1. The lowest BCUT2D eigenvalue weighted by Gasteiger charge is -2.32. The second kappa shape index (κ2) is 9.14. The number of benzene rings is 2. The van der Waals surface area contributed by atoms with Gasteiger partial charge in [0.05, 0.1) is 0 Å². The van der Waals surface area contributed by atoms with E-state index in [1.165, 1.54) is 17.2 Å². The van der Waals surface area contributed by atoms with Crippen LogP contribution in [0.4, 0.5) is 0 Å². The first kappa shape index (κ1) is 20.3. The highest BCUT2D eigenvalue weighted by atomic mass is 16.3. The number of aryl methyl sites for hydroxylation is 2. The molecule has 3 rings (SSSR count). The maximum atomic E-state index is 10.8. The monoisotopic (exact) mass is 376 g/mol. The van der Waals surface area contributed by atoms with Crippen LogP contribution in [-0.4, -0.2) is 10.2 Å². The molecule has 2 N–H and O–H groups in total. The van der Waals surface area contributed by atoms with Crippen molar-refractivity contribution < 1.29 is 10.2 Å². The fourth-order valence-corrected chi connectivity index (χ4v) is 4.47. The Labute approximate surface area is 169 Å². The number of phenolic OH excluding ortho intramolecular Hbond substituents is 2. The average molecular weight is 377 g/mol. The van der Waals surface area contributed by atoms with Gasteiger partial charge in [-0.25, -0.2) is 0 Å². The van der Waals surface area contributed by atoms with Crippen molar-refractivity contribution in [1.82, 2.24) is 0 Å². The SMILES string of the molecule is C=C(C)C[C@@H](c1c(O)cc(O)cc1CCc1ccccc1)C1CC=C(C)CC1.